The van der Waals surface area contributed by atoms with Crippen molar-refractivity contribution in [2.24, 2.45) is 16.9 Å². The molecule has 22 nitrogen and oxygen atoms in total. The number of ether oxygens (including phenoxy) is 1. The number of β-amino-alcohol motifs (C(OH)–C–C–N with tert-alkyl or cyclic N) is 1. The molecule has 3 aliphatic heterocycles. The SMILES string of the molecule is Cc1ncsc1-c1ccc([C@H](C)NC(=O)[C@@H]2C[C@@H](O)CN2C(=O)[C@@H](NC(=O)CCCCc2cccc(OC[C@H](CCC(N)=O)NC(O)[C@@H]3Cc4cccc5c4N3C(=O)CC(c3c(C(N)=O)[nH]c4ccc(C(=O)P(=O)(O)O)cc34)C5)c2Cl)C(C)(C)C)cc1. The first kappa shape index (κ1) is 64.1. The molecule has 4 aromatic carbocycles. The number of anilines is 1. The molecule has 0 bridgehead atoms. The number of carbonyl (C=O) groups excluding carboxylic acids is 7. The number of aliphatic hydroxyl groups is 2. The monoisotopic (exact) mass is 1250 g/mol. The number of H-pyrrole nitrogens is 1. The molecule has 0 radical (unpaired) electrons. The number of hydrogen-bond donors (Lipinski definition) is 10. The second kappa shape index (κ2) is 26.6. The van der Waals surface area contributed by atoms with Crippen molar-refractivity contribution in [3.8, 4) is 16.2 Å². The molecular formula is C62H73ClN9O13PS. The Labute approximate surface area is 511 Å². The van der Waals surface area contributed by atoms with Crippen LogP contribution >= 0.6 is 30.5 Å². The Kier molecular flexibility index (Phi) is 19.6. The summed E-state index contributed by atoms with van der Waals surface area (Å²) in [4.78, 5) is 125. The minimum absolute atomic E-state index is 0.0264. The standard InChI is InChI=1S/C62H73ClN9O13PS/c1-32(34-16-18-36(19-17-34)55-33(2)66-31-87-55)67-58(78)45-28-42(73)29-71(45)60(80)56(62(3,4)5)70-49(75)15-7-6-10-35-11-9-14-47(52(35)63)85-30-41(21-23-48(64)74)68-59(79)46-26-38-13-8-12-37-24-40(27-50(76)72(46)54(37)38)51-43-25-39(61(81)86(82,83)84)20-22-44(43)69-53(51)57(65)77/h8-9,11-14,16-20,22,25,31-32,40-42,45-46,56,59,68-69,73,79H,6-7,10,15,21,23-24,26-30H2,1-5H3,(H2,64,74)(H2,65,77)(H,67,78)(H,70,75)(H2,82,83,84)/t32-,40?,41-,42+,45-,46-,56+,59?/m0/s1. The van der Waals surface area contributed by atoms with Crippen LogP contribution in [0.3, 0.4) is 0 Å². The lowest BCUT2D eigenvalue weighted by atomic mass is 9.85. The largest absolute Gasteiger partial charge is 0.490 e. The van der Waals surface area contributed by atoms with E-state index in [1.165, 1.54) is 28.0 Å². The summed E-state index contributed by atoms with van der Waals surface area (Å²) >= 11 is 8.50. The number of aromatic amines is 1. The van der Waals surface area contributed by atoms with Crippen LogP contribution in [0.15, 0.2) is 84.4 Å². The van der Waals surface area contributed by atoms with Crippen molar-refractivity contribution in [2.75, 3.05) is 18.1 Å². The van der Waals surface area contributed by atoms with E-state index in [9.17, 15) is 58.1 Å². The second-order valence-electron chi connectivity index (χ2n) is 23.9. The molecule has 2 unspecified atom stereocenters. The van der Waals surface area contributed by atoms with Crippen molar-refractivity contribution in [1.29, 1.82) is 0 Å². The van der Waals surface area contributed by atoms with Gasteiger partial charge in [0.15, 0.2) is 0 Å². The maximum absolute atomic E-state index is 14.6. The van der Waals surface area contributed by atoms with Crippen LogP contribution in [0.25, 0.3) is 21.3 Å². The fraction of sp³-hybridized carbons (Fsp3) is 0.419. The van der Waals surface area contributed by atoms with Crippen LogP contribution in [0.5, 0.6) is 5.75 Å². The highest BCUT2D eigenvalue weighted by atomic mass is 35.5. The van der Waals surface area contributed by atoms with Crippen molar-refractivity contribution in [2.45, 2.75) is 147 Å². The molecule has 0 aliphatic carbocycles. The van der Waals surface area contributed by atoms with Crippen LogP contribution in [0.1, 0.15) is 139 Å². The molecule has 9 rings (SSSR count). The van der Waals surface area contributed by atoms with Crippen LogP contribution < -0.4 is 37.1 Å². The summed E-state index contributed by atoms with van der Waals surface area (Å²) in [5, 5.41) is 32.6. The molecule has 25 heteroatoms. The third-order valence-corrected chi connectivity index (χ3v) is 18.7. The number of thiazole rings is 1. The highest BCUT2D eigenvalue weighted by molar-refractivity contribution is 7.70. The Morgan fingerprint density at radius 1 is 0.943 bits per heavy atom. The summed E-state index contributed by atoms with van der Waals surface area (Å²) in [5.41, 5.74) is 17.1. The van der Waals surface area contributed by atoms with E-state index in [2.05, 4.69) is 25.9 Å². The number of fused-ring (bicyclic) bond motifs is 1. The molecule has 6 aromatic rings. The van der Waals surface area contributed by atoms with E-state index in [0.717, 1.165) is 38.4 Å². The molecule has 87 heavy (non-hydrogen) atoms. The third kappa shape index (κ3) is 14.5. The molecule has 0 saturated carbocycles. The minimum Gasteiger partial charge on any atom is -0.490 e. The number of unbranched alkanes of at least 4 members (excludes halogenated alkanes) is 1. The lowest BCUT2D eigenvalue weighted by molar-refractivity contribution is -0.144. The van der Waals surface area contributed by atoms with Crippen LogP contribution in [-0.4, -0.2) is 125 Å². The molecule has 12 N–H and O–H groups in total. The van der Waals surface area contributed by atoms with Gasteiger partial charge in [-0.1, -0.05) is 87.0 Å². The predicted octanol–water partition coefficient (Wildman–Crippen LogP) is 6.36. The first-order valence-electron chi connectivity index (χ1n) is 28.9. The van der Waals surface area contributed by atoms with Gasteiger partial charge in [0.2, 0.25) is 29.5 Å². The maximum Gasteiger partial charge on any atom is 0.396 e. The topological polar surface area (TPSA) is 350 Å². The van der Waals surface area contributed by atoms with E-state index in [1.807, 2.05) is 83.1 Å². The Balaban J connectivity index is 0.803. The summed E-state index contributed by atoms with van der Waals surface area (Å²) in [6.07, 6.45) is -0.394. The van der Waals surface area contributed by atoms with Crippen LogP contribution in [0, 0.1) is 12.3 Å². The quantitative estimate of drug-likeness (QED) is 0.0179. The Hall–Kier alpha value is -7.34. The number of aryl methyl sites for hydroxylation is 2. The molecule has 3 aliphatic rings. The molecule has 6 amide bonds. The molecular weight excluding hydrogens is 1180 g/mol. The number of hydrogen-bond acceptors (Lipinski definition) is 14. The van der Waals surface area contributed by atoms with Crippen molar-refractivity contribution in [3.63, 3.8) is 0 Å². The Morgan fingerprint density at radius 3 is 2.32 bits per heavy atom. The summed E-state index contributed by atoms with van der Waals surface area (Å²) in [7, 11) is -5.17. The van der Waals surface area contributed by atoms with Gasteiger partial charge in [-0.3, -0.25) is 43.4 Å². The van der Waals surface area contributed by atoms with Crippen LogP contribution in [0.2, 0.25) is 5.02 Å². The van der Waals surface area contributed by atoms with Gasteiger partial charge in [0.1, 0.15) is 36.4 Å². The van der Waals surface area contributed by atoms with E-state index in [4.69, 9.17) is 27.8 Å². The van der Waals surface area contributed by atoms with Gasteiger partial charge in [0.25, 0.3) is 11.4 Å². The van der Waals surface area contributed by atoms with E-state index < -0.39 is 96.5 Å². The normalized spacial score (nSPS) is 19.0. The third-order valence-electron chi connectivity index (χ3n) is 16.5. The number of likely N-dealkylation sites (tertiary alicyclic amines) is 1. The highest BCUT2D eigenvalue weighted by Crippen LogP contribution is 2.46. The summed E-state index contributed by atoms with van der Waals surface area (Å²) in [5.74, 6) is -3.45. The number of nitrogens with zero attached hydrogens (tertiary/aromatic N) is 3. The maximum atomic E-state index is 14.6. The van der Waals surface area contributed by atoms with Gasteiger partial charge >= 0.3 is 7.60 Å². The van der Waals surface area contributed by atoms with Gasteiger partial charge in [0, 0.05) is 54.7 Å². The molecule has 462 valence electrons. The van der Waals surface area contributed by atoms with Gasteiger partial charge in [-0.25, -0.2) is 4.98 Å². The average molecular weight is 1250 g/mol. The number of primary amides is 2. The van der Waals surface area contributed by atoms with E-state index >= 15 is 0 Å². The molecule has 1 fully saturated rings. The predicted molar refractivity (Wildman–Crippen MR) is 328 cm³/mol. The number of halogens is 1. The van der Waals surface area contributed by atoms with Crippen molar-refractivity contribution >= 4 is 88.1 Å². The Bertz CT molecular complexity index is 3680. The lowest BCUT2D eigenvalue weighted by Crippen LogP contribution is -2.57. The number of para-hydroxylation sites is 1. The number of nitrogens with two attached hydrogens (primary N) is 2. The number of rotatable bonds is 24. The van der Waals surface area contributed by atoms with Crippen molar-refractivity contribution < 1.29 is 62.9 Å². The Morgan fingerprint density at radius 2 is 1.66 bits per heavy atom. The number of nitrogens with one attached hydrogen (secondary N) is 4. The molecule has 1 saturated heterocycles. The smallest absolute Gasteiger partial charge is 0.396 e. The van der Waals surface area contributed by atoms with Gasteiger partial charge in [-0.2, -0.15) is 0 Å². The van der Waals surface area contributed by atoms with Gasteiger partial charge in [-0.05, 0) is 121 Å². The van der Waals surface area contributed by atoms with Crippen LogP contribution in [-0.2, 0) is 47.8 Å². The first-order valence-corrected chi connectivity index (χ1v) is 31.7. The summed E-state index contributed by atoms with van der Waals surface area (Å²) < 4.78 is 18.2. The summed E-state index contributed by atoms with van der Waals surface area (Å²) in [6.45, 7) is 9.14. The van der Waals surface area contributed by atoms with Crippen LogP contribution in [0.4, 0.5) is 5.69 Å². The molecule has 2 aromatic heterocycles. The number of aromatic nitrogens is 2. The first-order chi connectivity index (χ1) is 41.2. The summed E-state index contributed by atoms with van der Waals surface area (Å²) in [6, 6.07) is 18.7. The van der Waals surface area contributed by atoms with Gasteiger partial charge in [0.05, 0.1) is 45.0 Å². The molecule has 0 spiro atoms. The van der Waals surface area contributed by atoms with Gasteiger partial charge < -0.3 is 61.6 Å². The number of amides is 6. The van der Waals surface area contributed by atoms with E-state index in [1.54, 1.807) is 29.0 Å². The van der Waals surface area contributed by atoms with Crippen molar-refractivity contribution in [3.05, 3.63) is 134 Å². The fourth-order valence-electron chi connectivity index (χ4n) is 12.1. The van der Waals surface area contributed by atoms with E-state index in [-0.39, 0.29) is 75.3 Å². The number of benzene rings is 4. The zero-order chi connectivity index (χ0) is 62.8. The fourth-order valence-corrected chi connectivity index (χ4v) is 13.7. The average Bonchev–Trinajstić information content (AvgIpc) is 1.67. The number of carbonyl (C=O) groups is 7. The van der Waals surface area contributed by atoms with Gasteiger partial charge in [-0.15, -0.1) is 11.3 Å². The zero-order valence-electron chi connectivity index (χ0n) is 48.9. The zero-order valence-corrected chi connectivity index (χ0v) is 51.3. The number of aliphatic hydroxyl groups excluding tert-OH is 2. The second-order valence-corrected chi connectivity index (χ2v) is 26.6. The molecule has 8 atom stereocenters. The minimum atomic E-state index is -5.17. The van der Waals surface area contributed by atoms with Crippen molar-refractivity contribution in [1.82, 2.24) is 30.8 Å². The van der Waals surface area contributed by atoms with E-state index in [0.29, 0.717) is 52.2 Å². The highest BCUT2D eigenvalue weighted by Gasteiger charge is 2.46. The molecule has 5 heterocycles. The lowest BCUT2D eigenvalue weighted by Gasteiger charge is -2.35.